The molecule has 0 aromatic carbocycles. The fraction of sp³-hybridized carbons (Fsp3) is 0.333. The Morgan fingerprint density at radius 3 is 2.64 bits per heavy atom. The average molecular weight is 217 g/mol. The molecule has 0 aliphatic heterocycles. The number of nitrogens with zero attached hydrogens (tertiary/aromatic N) is 1. The van der Waals surface area contributed by atoms with Crippen molar-refractivity contribution < 1.29 is 10.2 Å². The maximum absolute atomic E-state index is 9.13. The van der Waals surface area contributed by atoms with Gasteiger partial charge in [-0.05, 0) is 12.1 Å². The first kappa shape index (κ1) is 13.0. The Morgan fingerprint density at radius 1 is 1.36 bits per heavy atom. The van der Waals surface area contributed by atoms with Gasteiger partial charge in [-0.3, -0.25) is 5.41 Å². The van der Waals surface area contributed by atoms with E-state index in [4.69, 9.17) is 15.6 Å². The molecule has 0 aliphatic rings. The molecular weight excluding hydrogens is 204 g/mol. The number of aromatic nitrogens is 1. The summed E-state index contributed by atoms with van der Waals surface area (Å²) in [5, 5.41) is 25.0. The van der Waals surface area contributed by atoms with Crippen LogP contribution in [0.3, 0.4) is 0 Å². The van der Waals surface area contributed by atoms with E-state index < -0.39 is 6.10 Å². The monoisotopic (exact) mass is 216 g/mol. The number of rotatable bonds is 3. The summed E-state index contributed by atoms with van der Waals surface area (Å²) in [6.45, 7) is -0.284. The van der Waals surface area contributed by atoms with E-state index in [9.17, 15) is 0 Å². The summed E-state index contributed by atoms with van der Waals surface area (Å²) in [6.07, 6.45) is -0.522. The molecule has 5 heteroatoms. The Balaban J connectivity index is 0.00000169. The minimum atomic E-state index is -0.797. The van der Waals surface area contributed by atoms with E-state index in [1.807, 2.05) is 0 Å². The standard InChI is InChI=1S/C9H12N2O2.ClH/c10-9-4-2-1-3-7(11-9)5-8(13)6-12;/h1-4,8,10,12-13H,5-6H2;1H. The van der Waals surface area contributed by atoms with Gasteiger partial charge in [-0.1, -0.05) is 12.1 Å². The number of hydrogen-bond acceptors (Lipinski definition) is 4. The van der Waals surface area contributed by atoms with Gasteiger partial charge in [-0.15, -0.1) is 12.4 Å². The normalized spacial score (nSPS) is 11.6. The second-order valence-electron chi connectivity index (χ2n) is 2.75. The number of hydrogen-bond donors (Lipinski definition) is 3. The highest BCUT2D eigenvalue weighted by Crippen LogP contribution is 1.95. The third-order valence-electron chi connectivity index (χ3n) is 1.57. The summed E-state index contributed by atoms with van der Waals surface area (Å²) < 4.78 is 0. The molecule has 0 bridgehead atoms. The lowest BCUT2D eigenvalue weighted by Gasteiger charge is -2.03. The van der Waals surface area contributed by atoms with Crippen molar-refractivity contribution in [3.05, 3.63) is 35.4 Å². The molecule has 1 atom stereocenters. The van der Waals surface area contributed by atoms with Crippen LogP contribution in [0.5, 0.6) is 0 Å². The smallest absolute Gasteiger partial charge is 0.144 e. The van der Waals surface area contributed by atoms with Crippen LogP contribution in [0.25, 0.3) is 0 Å². The van der Waals surface area contributed by atoms with E-state index in [1.165, 1.54) is 0 Å². The van der Waals surface area contributed by atoms with Crippen LogP contribution in [0.1, 0.15) is 5.69 Å². The van der Waals surface area contributed by atoms with E-state index in [-0.39, 0.29) is 30.9 Å². The van der Waals surface area contributed by atoms with Crippen LogP contribution in [-0.4, -0.2) is 27.9 Å². The third kappa shape index (κ3) is 4.32. The molecule has 0 amide bonds. The van der Waals surface area contributed by atoms with Crippen LogP contribution in [-0.2, 0) is 6.42 Å². The lowest BCUT2D eigenvalue weighted by molar-refractivity contribution is 0.0947. The lowest BCUT2D eigenvalue weighted by Crippen LogP contribution is -2.17. The van der Waals surface area contributed by atoms with Crippen LogP contribution >= 0.6 is 12.4 Å². The van der Waals surface area contributed by atoms with Gasteiger partial charge in [-0.2, -0.15) is 0 Å². The zero-order valence-electron chi connectivity index (χ0n) is 7.55. The van der Waals surface area contributed by atoms with Crippen LogP contribution in [0, 0.1) is 5.41 Å². The van der Waals surface area contributed by atoms with Gasteiger partial charge in [0.1, 0.15) is 5.49 Å². The van der Waals surface area contributed by atoms with Crippen molar-refractivity contribution in [3.8, 4) is 0 Å². The van der Waals surface area contributed by atoms with Gasteiger partial charge < -0.3 is 10.2 Å². The molecule has 0 saturated carbocycles. The molecule has 78 valence electrons. The minimum absolute atomic E-state index is 0. The summed E-state index contributed by atoms with van der Waals surface area (Å²) in [6, 6.07) is 6.75. The molecule has 1 heterocycles. The molecule has 0 spiro atoms. The zero-order valence-corrected chi connectivity index (χ0v) is 8.37. The average Bonchev–Trinajstić information content (AvgIpc) is 2.30. The molecule has 1 unspecified atom stereocenters. The molecule has 14 heavy (non-hydrogen) atoms. The number of aliphatic hydroxyl groups excluding tert-OH is 2. The number of aliphatic hydroxyl groups is 2. The summed E-state index contributed by atoms with van der Waals surface area (Å²) in [5.74, 6) is 0. The molecule has 1 aromatic heterocycles. The highest BCUT2D eigenvalue weighted by Gasteiger charge is 2.03. The fourth-order valence-corrected chi connectivity index (χ4v) is 0.962. The first-order valence-corrected chi connectivity index (χ1v) is 4.02. The van der Waals surface area contributed by atoms with Gasteiger partial charge in [0.2, 0.25) is 0 Å². The number of nitrogens with one attached hydrogen (secondary N) is 1. The molecule has 1 rings (SSSR count). The Labute approximate surface area is 88.2 Å². The van der Waals surface area contributed by atoms with E-state index in [2.05, 4.69) is 4.98 Å². The van der Waals surface area contributed by atoms with Crippen LogP contribution < -0.4 is 5.49 Å². The SMILES string of the molecule is Cl.N=c1ccccc(CC(O)CO)n1. The van der Waals surface area contributed by atoms with Crippen molar-refractivity contribution in [2.45, 2.75) is 12.5 Å². The largest absolute Gasteiger partial charge is 0.394 e. The van der Waals surface area contributed by atoms with Gasteiger partial charge in [0, 0.05) is 12.1 Å². The van der Waals surface area contributed by atoms with Crippen molar-refractivity contribution in [2.75, 3.05) is 6.61 Å². The van der Waals surface area contributed by atoms with Gasteiger partial charge >= 0.3 is 0 Å². The second-order valence-corrected chi connectivity index (χ2v) is 2.75. The van der Waals surface area contributed by atoms with Crippen LogP contribution in [0.4, 0.5) is 0 Å². The van der Waals surface area contributed by atoms with E-state index >= 15 is 0 Å². The third-order valence-corrected chi connectivity index (χ3v) is 1.57. The molecule has 0 aliphatic carbocycles. The molecular formula is C9H13ClN2O2. The number of halogens is 1. The van der Waals surface area contributed by atoms with E-state index in [0.717, 1.165) is 0 Å². The maximum Gasteiger partial charge on any atom is 0.144 e. The lowest BCUT2D eigenvalue weighted by atomic mass is 10.2. The molecule has 4 nitrogen and oxygen atoms in total. The molecule has 0 saturated heterocycles. The second kappa shape index (κ2) is 6.48. The highest BCUT2D eigenvalue weighted by atomic mass is 35.5. The molecule has 3 N–H and O–H groups in total. The van der Waals surface area contributed by atoms with Gasteiger partial charge in [0.25, 0.3) is 0 Å². The maximum atomic E-state index is 9.13. The molecule has 0 fully saturated rings. The minimum Gasteiger partial charge on any atom is -0.394 e. The Hall–Kier alpha value is -0.970. The van der Waals surface area contributed by atoms with Crippen LogP contribution in [0.2, 0.25) is 0 Å². The summed E-state index contributed by atoms with van der Waals surface area (Å²) >= 11 is 0. The van der Waals surface area contributed by atoms with Crippen LogP contribution in [0.15, 0.2) is 24.3 Å². The predicted molar refractivity (Wildman–Crippen MR) is 54.1 cm³/mol. The first-order chi connectivity index (χ1) is 6.22. The first-order valence-electron chi connectivity index (χ1n) is 4.02. The van der Waals surface area contributed by atoms with Gasteiger partial charge in [-0.25, -0.2) is 4.98 Å². The predicted octanol–water partition coefficient (Wildman–Crippen LogP) is -0.121. The zero-order chi connectivity index (χ0) is 9.68. The molecule has 0 radical (unpaired) electrons. The summed E-state index contributed by atoms with van der Waals surface area (Å²) in [5.41, 5.74) is 0.765. The van der Waals surface area contributed by atoms with E-state index in [0.29, 0.717) is 5.69 Å². The van der Waals surface area contributed by atoms with Crippen molar-refractivity contribution in [1.29, 1.82) is 5.41 Å². The van der Waals surface area contributed by atoms with Crippen molar-refractivity contribution in [1.82, 2.24) is 4.98 Å². The summed E-state index contributed by atoms with van der Waals surface area (Å²) in [7, 11) is 0. The summed E-state index contributed by atoms with van der Waals surface area (Å²) in [4.78, 5) is 3.92. The topological polar surface area (TPSA) is 77.2 Å². The van der Waals surface area contributed by atoms with E-state index in [1.54, 1.807) is 24.3 Å². The fourth-order valence-electron chi connectivity index (χ4n) is 0.962. The molecule has 1 aromatic rings. The Morgan fingerprint density at radius 2 is 2.00 bits per heavy atom. The van der Waals surface area contributed by atoms with Crippen molar-refractivity contribution in [2.24, 2.45) is 0 Å². The Kier molecular flexibility index (Phi) is 6.03. The Bertz CT molecular complexity index is 333. The quantitative estimate of drug-likeness (QED) is 0.659. The highest BCUT2D eigenvalue weighted by molar-refractivity contribution is 5.85. The van der Waals surface area contributed by atoms with Crippen molar-refractivity contribution >= 4 is 12.4 Å². The van der Waals surface area contributed by atoms with Crippen molar-refractivity contribution in [3.63, 3.8) is 0 Å². The van der Waals surface area contributed by atoms with Gasteiger partial charge in [0.05, 0.1) is 12.7 Å². The van der Waals surface area contributed by atoms with Gasteiger partial charge in [0.15, 0.2) is 0 Å².